The molecule has 2 aliphatic rings. The van der Waals surface area contributed by atoms with Crippen molar-refractivity contribution < 1.29 is 24.1 Å². The third kappa shape index (κ3) is 1.65. The van der Waals surface area contributed by atoms with E-state index in [4.69, 9.17) is 13.9 Å². The summed E-state index contributed by atoms with van der Waals surface area (Å²) in [4.78, 5) is 11.8. The number of hydrogen-bond acceptors (Lipinski definition) is 6. The van der Waals surface area contributed by atoms with E-state index in [1.165, 1.54) is 0 Å². The van der Waals surface area contributed by atoms with E-state index in [9.17, 15) is 15.0 Å². The SMILES string of the molecule is C[C@@H]1Oc2cc([C@@H]3O[C@@H]3C)oc(=O)c2[C@H](O)[C@@H]1O. The zero-order chi connectivity index (χ0) is 13.0. The molecular weight excluding hydrogens is 240 g/mol. The van der Waals surface area contributed by atoms with Crippen LogP contribution in [0.15, 0.2) is 15.3 Å². The first-order valence-electron chi connectivity index (χ1n) is 5.85. The van der Waals surface area contributed by atoms with Gasteiger partial charge in [0.05, 0.1) is 6.10 Å². The van der Waals surface area contributed by atoms with Crippen LogP contribution < -0.4 is 10.4 Å². The maximum absolute atomic E-state index is 11.8. The van der Waals surface area contributed by atoms with Crippen molar-refractivity contribution in [3.63, 3.8) is 0 Å². The number of rotatable bonds is 1. The second kappa shape index (κ2) is 3.81. The highest BCUT2D eigenvalue weighted by Gasteiger charge is 2.42. The second-order valence-electron chi connectivity index (χ2n) is 4.73. The predicted molar refractivity (Wildman–Crippen MR) is 59.3 cm³/mol. The maximum Gasteiger partial charge on any atom is 0.345 e. The molecule has 3 rings (SSSR count). The first kappa shape index (κ1) is 11.7. The van der Waals surface area contributed by atoms with Crippen molar-refractivity contribution in [2.45, 2.75) is 44.4 Å². The molecular formula is C12H14O6. The lowest BCUT2D eigenvalue weighted by atomic mass is 9.98. The molecule has 0 aromatic carbocycles. The fraction of sp³-hybridized carbons (Fsp3) is 0.583. The summed E-state index contributed by atoms with van der Waals surface area (Å²) in [6.07, 6.45) is -3.22. The Balaban J connectivity index is 2.07. The van der Waals surface area contributed by atoms with E-state index in [0.29, 0.717) is 5.76 Å². The van der Waals surface area contributed by atoms with Crippen molar-refractivity contribution in [2.75, 3.05) is 0 Å². The van der Waals surface area contributed by atoms with Gasteiger partial charge in [0.15, 0.2) is 0 Å². The molecule has 0 radical (unpaired) electrons. The number of epoxide rings is 1. The van der Waals surface area contributed by atoms with Crippen LogP contribution >= 0.6 is 0 Å². The van der Waals surface area contributed by atoms with E-state index in [-0.39, 0.29) is 23.5 Å². The number of ether oxygens (including phenoxy) is 2. The van der Waals surface area contributed by atoms with Crippen molar-refractivity contribution in [2.24, 2.45) is 0 Å². The summed E-state index contributed by atoms with van der Waals surface area (Å²) in [5, 5.41) is 19.5. The highest BCUT2D eigenvalue weighted by atomic mass is 16.6. The molecule has 2 aliphatic heterocycles. The van der Waals surface area contributed by atoms with Gasteiger partial charge in [0.25, 0.3) is 0 Å². The summed E-state index contributed by atoms with van der Waals surface area (Å²) >= 11 is 0. The predicted octanol–water partition coefficient (Wildman–Crippen LogP) is 0.275. The second-order valence-corrected chi connectivity index (χ2v) is 4.73. The van der Waals surface area contributed by atoms with Gasteiger partial charge < -0.3 is 24.1 Å². The van der Waals surface area contributed by atoms with Crippen LogP contribution in [0, 0.1) is 0 Å². The smallest absolute Gasteiger partial charge is 0.345 e. The highest BCUT2D eigenvalue weighted by molar-refractivity contribution is 5.37. The van der Waals surface area contributed by atoms with E-state index in [0.717, 1.165) is 0 Å². The molecule has 0 saturated carbocycles. The first-order chi connectivity index (χ1) is 8.49. The number of fused-ring (bicyclic) bond motifs is 1. The third-order valence-corrected chi connectivity index (χ3v) is 3.37. The Labute approximate surface area is 103 Å². The summed E-state index contributed by atoms with van der Waals surface area (Å²) in [7, 11) is 0. The van der Waals surface area contributed by atoms with Gasteiger partial charge in [0, 0.05) is 6.07 Å². The van der Waals surface area contributed by atoms with Crippen LogP contribution in [-0.4, -0.2) is 28.5 Å². The fourth-order valence-corrected chi connectivity index (χ4v) is 2.18. The standard InChI is InChI=1S/C12H14O6/c1-4-9(13)10(14)8-6(16-4)3-7(18-12(8)15)11-5(2)17-11/h3-5,9-11,13-14H,1-2H3/t4-,5+,9+,10-,11+/m0/s1. The zero-order valence-electron chi connectivity index (χ0n) is 9.99. The minimum atomic E-state index is -1.29. The third-order valence-electron chi connectivity index (χ3n) is 3.37. The molecule has 0 spiro atoms. The summed E-state index contributed by atoms with van der Waals surface area (Å²) in [6, 6.07) is 1.55. The normalized spacial score (nSPS) is 37.9. The molecule has 6 heteroatoms. The molecule has 6 nitrogen and oxygen atoms in total. The number of aliphatic hydroxyl groups is 2. The maximum atomic E-state index is 11.8. The Morgan fingerprint density at radius 1 is 1.22 bits per heavy atom. The molecule has 1 saturated heterocycles. The Kier molecular flexibility index (Phi) is 2.48. The highest BCUT2D eigenvalue weighted by Crippen LogP contribution is 2.41. The van der Waals surface area contributed by atoms with Crippen LogP contribution in [0.4, 0.5) is 0 Å². The average Bonchev–Trinajstić information content (AvgIpc) is 3.02. The molecule has 1 aromatic rings. The van der Waals surface area contributed by atoms with Gasteiger partial charge in [-0.1, -0.05) is 0 Å². The zero-order valence-corrected chi connectivity index (χ0v) is 9.99. The van der Waals surface area contributed by atoms with Gasteiger partial charge in [0.2, 0.25) is 0 Å². The summed E-state index contributed by atoms with van der Waals surface area (Å²) < 4.78 is 15.7. The van der Waals surface area contributed by atoms with Crippen molar-refractivity contribution in [1.82, 2.24) is 0 Å². The minimum Gasteiger partial charge on any atom is -0.487 e. The molecule has 0 unspecified atom stereocenters. The quantitative estimate of drug-likeness (QED) is 0.699. The van der Waals surface area contributed by atoms with Crippen molar-refractivity contribution in [3.05, 3.63) is 27.8 Å². The summed E-state index contributed by atoms with van der Waals surface area (Å²) in [5.74, 6) is 0.649. The molecule has 5 atom stereocenters. The lowest BCUT2D eigenvalue weighted by Gasteiger charge is -2.31. The molecule has 0 amide bonds. The molecule has 1 fully saturated rings. The van der Waals surface area contributed by atoms with Gasteiger partial charge in [-0.05, 0) is 13.8 Å². The van der Waals surface area contributed by atoms with E-state index in [1.807, 2.05) is 6.92 Å². The van der Waals surface area contributed by atoms with Gasteiger partial charge >= 0.3 is 5.63 Å². The van der Waals surface area contributed by atoms with E-state index in [1.54, 1.807) is 13.0 Å². The summed E-state index contributed by atoms with van der Waals surface area (Å²) in [5.41, 5.74) is -0.721. The van der Waals surface area contributed by atoms with Gasteiger partial charge in [-0.25, -0.2) is 4.79 Å². The fourth-order valence-electron chi connectivity index (χ4n) is 2.18. The Bertz CT molecular complexity index is 536. The molecule has 18 heavy (non-hydrogen) atoms. The lowest BCUT2D eigenvalue weighted by Crippen LogP contribution is -2.41. The van der Waals surface area contributed by atoms with E-state index >= 15 is 0 Å². The average molecular weight is 254 g/mol. The molecule has 3 heterocycles. The van der Waals surface area contributed by atoms with Crippen LogP contribution in [0.1, 0.15) is 37.4 Å². The Morgan fingerprint density at radius 3 is 2.50 bits per heavy atom. The van der Waals surface area contributed by atoms with Crippen molar-refractivity contribution in [3.8, 4) is 5.75 Å². The summed E-state index contributed by atoms with van der Waals surface area (Å²) in [6.45, 7) is 3.49. The topological polar surface area (TPSA) is 92.4 Å². The van der Waals surface area contributed by atoms with Crippen LogP contribution in [0.3, 0.4) is 0 Å². The molecule has 0 bridgehead atoms. The molecule has 2 N–H and O–H groups in total. The van der Waals surface area contributed by atoms with Crippen LogP contribution in [0.5, 0.6) is 5.75 Å². The van der Waals surface area contributed by atoms with E-state index in [2.05, 4.69) is 0 Å². The number of aliphatic hydroxyl groups excluding tert-OH is 2. The molecule has 98 valence electrons. The van der Waals surface area contributed by atoms with E-state index < -0.39 is 23.9 Å². The van der Waals surface area contributed by atoms with Gasteiger partial charge in [-0.2, -0.15) is 0 Å². The Morgan fingerprint density at radius 2 is 1.89 bits per heavy atom. The lowest BCUT2D eigenvalue weighted by molar-refractivity contribution is -0.0637. The van der Waals surface area contributed by atoms with Crippen LogP contribution in [-0.2, 0) is 4.74 Å². The molecule has 0 aliphatic carbocycles. The Hall–Kier alpha value is -1.37. The van der Waals surface area contributed by atoms with Gasteiger partial charge in [-0.3, -0.25) is 0 Å². The minimum absolute atomic E-state index is 0.0164. The van der Waals surface area contributed by atoms with Gasteiger partial charge in [0.1, 0.15) is 41.5 Å². The van der Waals surface area contributed by atoms with Crippen LogP contribution in [0.25, 0.3) is 0 Å². The first-order valence-corrected chi connectivity index (χ1v) is 5.85. The van der Waals surface area contributed by atoms with Gasteiger partial charge in [-0.15, -0.1) is 0 Å². The molecule has 1 aromatic heterocycles. The monoisotopic (exact) mass is 254 g/mol. The largest absolute Gasteiger partial charge is 0.487 e. The van der Waals surface area contributed by atoms with Crippen LogP contribution in [0.2, 0.25) is 0 Å². The number of hydrogen-bond donors (Lipinski definition) is 2. The van der Waals surface area contributed by atoms with Crippen molar-refractivity contribution in [1.29, 1.82) is 0 Å². The van der Waals surface area contributed by atoms with Crippen molar-refractivity contribution >= 4 is 0 Å².